The van der Waals surface area contributed by atoms with Gasteiger partial charge in [-0.1, -0.05) is 0 Å². The lowest BCUT2D eigenvalue weighted by Gasteiger charge is -2.07. The molecule has 0 aliphatic carbocycles. The number of nitriles is 1. The summed E-state index contributed by atoms with van der Waals surface area (Å²) >= 11 is 0. The van der Waals surface area contributed by atoms with Gasteiger partial charge in [0, 0.05) is 18.3 Å². The molecule has 1 aromatic heterocycles. The van der Waals surface area contributed by atoms with E-state index in [-0.39, 0.29) is 22.8 Å². The first kappa shape index (κ1) is 13.4. The van der Waals surface area contributed by atoms with E-state index in [1.54, 1.807) is 0 Å². The summed E-state index contributed by atoms with van der Waals surface area (Å²) in [4.78, 5) is 0. The highest BCUT2D eigenvalue weighted by atomic mass is 19.1. The minimum absolute atomic E-state index is 0.0291. The highest BCUT2D eigenvalue weighted by Gasteiger charge is 2.11. The van der Waals surface area contributed by atoms with Crippen LogP contribution in [0.1, 0.15) is 5.82 Å². The minimum Gasteiger partial charge on any atom is -0.494 e. The Kier molecular flexibility index (Phi) is 3.85. The molecule has 0 spiro atoms. The summed E-state index contributed by atoms with van der Waals surface area (Å²) < 4.78 is 31.5. The third kappa shape index (κ3) is 2.69. The van der Waals surface area contributed by atoms with Crippen molar-refractivity contribution >= 4 is 11.3 Å². The molecular weight excluding hydrogens is 270 g/mol. The summed E-state index contributed by atoms with van der Waals surface area (Å²) in [6.45, 7) is 0. The number of ether oxygens (including phenoxy) is 1. The summed E-state index contributed by atoms with van der Waals surface area (Å²) in [5.41, 5.74) is -0.0269. The summed E-state index contributed by atoms with van der Waals surface area (Å²) in [5, 5.41) is 24.2. The van der Waals surface area contributed by atoms with Crippen molar-refractivity contribution in [2.75, 3.05) is 12.4 Å². The van der Waals surface area contributed by atoms with E-state index in [9.17, 15) is 8.78 Å². The molecule has 0 bridgehead atoms. The fraction of sp³-hybridized carbons (Fsp3) is 0.0909. The lowest BCUT2D eigenvalue weighted by Crippen LogP contribution is -1.98. The molecule has 0 fully saturated rings. The van der Waals surface area contributed by atoms with Gasteiger partial charge in [0.05, 0.1) is 12.8 Å². The van der Waals surface area contributed by atoms with Crippen molar-refractivity contribution in [1.82, 2.24) is 20.6 Å². The third-order valence-corrected chi connectivity index (χ3v) is 2.32. The van der Waals surface area contributed by atoms with Crippen LogP contribution in [-0.4, -0.2) is 27.7 Å². The van der Waals surface area contributed by atoms with Crippen molar-refractivity contribution in [3.8, 4) is 11.8 Å². The zero-order valence-corrected chi connectivity index (χ0v) is 10.2. The molecule has 0 atom stereocenters. The van der Waals surface area contributed by atoms with Crippen molar-refractivity contribution in [3.05, 3.63) is 35.8 Å². The Morgan fingerprint density at radius 1 is 1.45 bits per heavy atom. The third-order valence-electron chi connectivity index (χ3n) is 2.32. The molecule has 2 rings (SSSR count). The van der Waals surface area contributed by atoms with Crippen LogP contribution in [0.2, 0.25) is 0 Å². The van der Waals surface area contributed by atoms with Crippen molar-refractivity contribution in [3.63, 3.8) is 0 Å². The molecule has 0 radical (unpaired) electrons. The van der Waals surface area contributed by atoms with Gasteiger partial charge in [-0.05, 0) is 5.21 Å². The predicted octanol–water partition coefficient (Wildman–Crippen LogP) is 1.46. The summed E-state index contributed by atoms with van der Waals surface area (Å²) in [6.07, 6.45) is 1.18. The molecule has 2 N–H and O–H groups in total. The zero-order valence-electron chi connectivity index (χ0n) is 10.2. The van der Waals surface area contributed by atoms with E-state index in [4.69, 9.17) is 10.00 Å². The van der Waals surface area contributed by atoms with Crippen LogP contribution in [-0.2, 0) is 0 Å². The number of halogens is 2. The van der Waals surface area contributed by atoms with Crippen LogP contribution >= 0.6 is 0 Å². The van der Waals surface area contributed by atoms with Gasteiger partial charge in [0.25, 0.3) is 0 Å². The molecule has 2 aromatic rings. The van der Waals surface area contributed by atoms with Crippen LogP contribution < -0.4 is 10.1 Å². The second-order valence-electron chi connectivity index (χ2n) is 3.52. The van der Waals surface area contributed by atoms with Crippen LogP contribution in [0.3, 0.4) is 0 Å². The molecule has 9 heteroatoms. The highest BCUT2D eigenvalue weighted by Crippen LogP contribution is 2.25. The molecule has 1 heterocycles. The van der Waals surface area contributed by atoms with E-state index < -0.39 is 11.6 Å². The Labute approximate surface area is 111 Å². The standard InChI is InChI=1S/C11H8F2N6O/c1-20-10-3-9(7(12)2-8(10)13)15-5-6(4-14)11-16-18-19-17-11/h2-3,5,15H,1H3,(H,16,17,18,19). The van der Waals surface area contributed by atoms with Gasteiger partial charge in [-0.25, -0.2) is 8.78 Å². The Morgan fingerprint density at radius 2 is 2.25 bits per heavy atom. The van der Waals surface area contributed by atoms with E-state index in [2.05, 4.69) is 25.9 Å². The maximum atomic E-state index is 13.5. The first-order valence-corrected chi connectivity index (χ1v) is 5.29. The average molecular weight is 278 g/mol. The molecule has 0 aliphatic heterocycles. The molecule has 0 amide bonds. The number of nitrogens with one attached hydrogen (secondary N) is 2. The molecule has 102 valence electrons. The number of rotatable bonds is 4. The number of anilines is 1. The normalized spacial score (nSPS) is 11.0. The average Bonchev–Trinajstić information content (AvgIpc) is 2.95. The smallest absolute Gasteiger partial charge is 0.216 e. The van der Waals surface area contributed by atoms with Crippen LogP contribution in [0.25, 0.3) is 5.57 Å². The highest BCUT2D eigenvalue weighted by molar-refractivity contribution is 5.74. The van der Waals surface area contributed by atoms with Crippen LogP contribution in [0.15, 0.2) is 18.3 Å². The predicted molar refractivity (Wildman–Crippen MR) is 64.3 cm³/mol. The second-order valence-corrected chi connectivity index (χ2v) is 3.52. The molecule has 0 saturated heterocycles. The molecule has 1 aromatic carbocycles. The quantitative estimate of drug-likeness (QED) is 0.821. The number of aromatic nitrogens is 4. The lowest BCUT2D eigenvalue weighted by molar-refractivity contribution is 0.384. The fourth-order valence-corrected chi connectivity index (χ4v) is 1.37. The number of hydrogen-bond donors (Lipinski definition) is 2. The topological polar surface area (TPSA) is 99.5 Å². The van der Waals surface area contributed by atoms with Gasteiger partial charge < -0.3 is 10.1 Å². The number of nitrogens with zero attached hydrogens (tertiary/aromatic N) is 4. The molecule has 0 unspecified atom stereocenters. The summed E-state index contributed by atoms with van der Waals surface area (Å²) in [5.74, 6) is -1.72. The summed E-state index contributed by atoms with van der Waals surface area (Å²) in [6, 6.07) is 3.63. The van der Waals surface area contributed by atoms with E-state index in [1.165, 1.54) is 13.3 Å². The molecule has 0 aliphatic rings. The molecular formula is C11H8F2N6O. The second kappa shape index (κ2) is 5.75. The van der Waals surface area contributed by atoms with Crippen LogP contribution in [0, 0.1) is 23.0 Å². The molecule has 20 heavy (non-hydrogen) atoms. The van der Waals surface area contributed by atoms with E-state index in [1.807, 2.05) is 6.07 Å². The Bertz CT molecular complexity index is 677. The van der Waals surface area contributed by atoms with Gasteiger partial charge in [0.1, 0.15) is 17.5 Å². The number of benzene rings is 1. The van der Waals surface area contributed by atoms with Gasteiger partial charge in [-0.3, -0.25) is 0 Å². The Morgan fingerprint density at radius 3 is 2.85 bits per heavy atom. The van der Waals surface area contributed by atoms with Crippen molar-refractivity contribution in [2.45, 2.75) is 0 Å². The molecule has 7 nitrogen and oxygen atoms in total. The maximum Gasteiger partial charge on any atom is 0.216 e. The lowest BCUT2D eigenvalue weighted by atomic mass is 10.2. The van der Waals surface area contributed by atoms with Crippen LogP contribution in [0.4, 0.5) is 14.5 Å². The number of methoxy groups -OCH3 is 1. The van der Waals surface area contributed by atoms with Gasteiger partial charge in [0.15, 0.2) is 11.6 Å². The number of hydrogen-bond acceptors (Lipinski definition) is 6. The zero-order chi connectivity index (χ0) is 14.5. The molecule has 0 saturated carbocycles. The van der Waals surface area contributed by atoms with E-state index in [0.29, 0.717) is 6.07 Å². The number of allylic oxidation sites excluding steroid dienone is 1. The van der Waals surface area contributed by atoms with Crippen LogP contribution in [0.5, 0.6) is 5.75 Å². The fourth-order valence-electron chi connectivity index (χ4n) is 1.37. The minimum atomic E-state index is -0.829. The first-order chi connectivity index (χ1) is 9.65. The van der Waals surface area contributed by atoms with Crippen molar-refractivity contribution in [1.29, 1.82) is 5.26 Å². The Balaban J connectivity index is 2.28. The number of aromatic amines is 1. The largest absolute Gasteiger partial charge is 0.494 e. The first-order valence-electron chi connectivity index (χ1n) is 5.29. The van der Waals surface area contributed by atoms with Gasteiger partial charge >= 0.3 is 0 Å². The number of tetrazole rings is 1. The number of H-pyrrole nitrogens is 1. The van der Waals surface area contributed by atoms with Crippen molar-refractivity contribution < 1.29 is 13.5 Å². The van der Waals surface area contributed by atoms with E-state index >= 15 is 0 Å². The monoisotopic (exact) mass is 278 g/mol. The maximum absolute atomic E-state index is 13.5. The SMILES string of the molecule is COc1cc(NC=C(C#N)c2nn[nH]n2)c(F)cc1F. The van der Waals surface area contributed by atoms with Gasteiger partial charge in [0.2, 0.25) is 5.82 Å². The summed E-state index contributed by atoms with van der Waals surface area (Å²) in [7, 11) is 1.26. The van der Waals surface area contributed by atoms with Crippen molar-refractivity contribution in [2.24, 2.45) is 0 Å². The van der Waals surface area contributed by atoms with Gasteiger partial charge in [-0.15, -0.1) is 10.2 Å². The van der Waals surface area contributed by atoms with Gasteiger partial charge in [-0.2, -0.15) is 10.5 Å². The van der Waals surface area contributed by atoms with E-state index in [0.717, 1.165) is 6.07 Å². The Hall–Kier alpha value is -3.02.